The minimum absolute atomic E-state index is 0.145. The van der Waals surface area contributed by atoms with E-state index in [0.717, 1.165) is 12.5 Å². The van der Waals surface area contributed by atoms with E-state index in [-0.39, 0.29) is 16.3 Å². The van der Waals surface area contributed by atoms with E-state index in [4.69, 9.17) is 9.52 Å². The first-order valence-electron chi connectivity index (χ1n) is 9.31. The largest absolute Gasteiger partial charge is 0.436 e. The van der Waals surface area contributed by atoms with Crippen LogP contribution in [-0.4, -0.2) is 26.6 Å². The number of rotatable bonds is 5. The highest BCUT2D eigenvalue weighted by Gasteiger charge is 2.38. The molecule has 3 rings (SSSR count). The smallest absolute Gasteiger partial charge is 0.435 e. The maximum atomic E-state index is 13.4. The number of nitrogens with one attached hydrogen (secondary N) is 2. The lowest BCUT2D eigenvalue weighted by Gasteiger charge is -2.17. The van der Waals surface area contributed by atoms with Crippen molar-refractivity contribution in [1.29, 1.82) is 4.78 Å². The molecule has 0 aliphatic heterocycles. The van der Waals surface area contributed by atoms with E-state index in [1.807, 2.05) is 0 Å². The first-order valence-corrected chi connectivity index (χ1v) is 12.1. The fraction of sp³-hybridized carbons (Fsp3) is 0.190. The second kappa shape index (κ2) is 9.10. The van der Waals surface area contributed by atoms with Crippen molar-refractivity contribution >= 4 is 37.3 Å². The van der Waals surface area contributed by atoms with Crippen LogP contribution >= 0.6 is 15.9 Å². The minimum atomic E-state index is -4.84. The Balaban J connectivity index is 2.09. The van der Waals surface area contributed by atoms with Crippen LogP contribution in [0.5, 0.6) is 11.6 Å². The molecule has 1 atom stereocenters. The summed E-state index contributed by atoms with van der Waals surface area (Å²) in [6.07, 6.45) is -3.63. The second-order valence-corrected chi connectivity index (χ2v) is 10.1. The van der Waals surface area contributed by atoms with Crippen LogP contribution in [0, 0.1) is 18.6 Å². The molecule has 12 heteroatoms. The van der Waals surface area contributed by atoms with Gasteiger partial charge in [0.2, 0.25) is 0 Å². The summed E-state index contributed by atoms with van der Waals surface area (Å²) >= 11 is 3.35. The molecule has 3 aromatic rings. The van der Waals surface area contributed by atoms with Gasteiger partial charge < -0.3 is 10.1 Å². The van der Waals surface area contributed by atoms with Crippen molar-refractivity contribution in [3.05, 3.63) is 69.3 Å². The summed E-state index contributed by atoms with van der Waals surface area (Å²) < 4.78 is 66.3. The van der Waals surface area contributed by atoms with Gasteiger partial charge in [-0.3, -0.25) is 4.79 Å². The van der Waals surface area contributed by atoms with Gasteiger partial charge in [-0.25, -0.2) is 8.99 Å². The number of anilines is 1. The average molecular weight is 543 g/mol. The van der Waals surface area contributed by atoms with Crippen molar-refractivity contribution in [2.24, 2.45) is 0 Å². The standard InChI is InChI=1S/C21H18BrF3N4O3S/c1-11-6-4-9-15(17(11)22)32-20-16(12(2)18(28-29-20)21(23,24)25)19(30)27-13-7-5-8-14(10-13)33(3,26)31/h4-10,26H,1-3H3,(H,27,30). The summed E-state index contributed by atoms with van der Waals surface area (Å²) in [5.74, 6) is -1.11. The van der Waals surface area contributed by atoms with Gasteiger partial charge in [0.1, 0.15) is 11.3 Å². The van der Waals surface area contributed by atoms with E-state index in [9.17, 15) is 22.2 Å². The Morgan fingerprint density at radius 2 is 1.82 bits per heavy atom. The molecule has 1 heterocycles. The molecule has 1 unspecified atom stereocenters. The topological polar surface area (TPSA) is 105 Å². The number of alkyl halides is 3. The maximum absolute atomic E-state index is 13.4. The van der Waals surface area contributed by atoms with Crippen LogP contribution in [0.15, 0.2) is 51.8 Å². The van der Waals surface area contributed by atoms with Crippen molar-refractivity contribution in [2.45, 2.75) is 24.9 Å². The number of hydrogen-bond donors (Lipinski definition) is 2. The van der Waals surface area contributed by atoms with Crippen LogP contribution in [0.3, 0.4) is 0 Å². The molecule has 0 fully saturated rings. The van der Waals surface area contributed by atoms with Gasteiger partial charge in [-0.1, -0.05) is 18.2 Å². The highest BCUT2D eigenvalue weighted by molar-refractivity contribution is 9.10. The Hall–Kier alpha value is -2.99. The number of nitrogens with zero attached hydrogens (tertiary/aromatic N) is 2. The zero-order valence-electron chi connectivity index (χ0n) is 17.6. The van der Waals surface area contributed by atoms with Crippen molar-refractivity contribution in [3.63, 3.8) is 0 Å². The maximum Gasteiger partial charge on any atom is 0.435 e. The molecule has 7 nitrogen and oxygen atoms in total. The fourth-order valence-electron chi connectivity index (χ4n) is 2.92. The predicted molar refractivity (Wildman–Crippen MR) is 120 cm³/mol. The number of amides is 1. The third kappa shape index (κ3) is 5.50. The normalized spacial score (nSPS) is 13.3. The van der Waals surface area contributed by atoms with Crippen LogP contribution in [-0.2, 0) is 15.9 Å². The SMILES string of the molecule is Cc1cccc(Oc2nnc(C(F)(F)F)c(C)c2C(=O)Nc2cccc(S(C)(=N)=O)c2)c1Br. The van der Waals surface area contributed by atoms with Crippen LogP contribution in [0.25, 0.3) is 0 Å². The van der Waals surface area contributed by atoms with Crippen LogP contribution < -0.4 is 10.1 Å². The summed E-state index contributed by atoms with van der Waals surface area (Å²) in [5.41, 5.74) is -1.30. The Morgan fingerprint density at radius 1 is 1.15 bits per heavy atom. The Labute approximate surface area is 196 Å². The number of halogens is 4. The zero-order valence-corrected chi connectivity index (χ0v) is 20.0. The van der Waals surface area contributed by atoms with E-state index in [0.29, 0.717) is 4.47 Å². The summed E-state index contributed by atoms with van der Waals surface area (Å²) in [6.45, 7) is 2.89. The summed E-state index contributed by atoms with van der Waals surface area (Å²) in [4.78, 5) is 13.2. The third-order valence-electron chi connectivity index (χ3n) is 4.59. The number of benzene rings is 2. The monoisotopic (exact) mass is 542 g/mol. The fourth-order valence-corrected chi connectivity index (χ4v) is 3.96. The highest BCUT2D eigenvalue weighted by atomic mass is 79.9. The third-order valence-corrected chi connectivity index (χ3v) is 6.75. The van der Waals surface area contributed by atoms with Crippen LogP contribution in [0.4, 0.5) is 18.9 Å². The van der Waals surface area contributed by atoms with Gasteiger partial charge >= 0.3 is 6.18 Å². The lowest BCUT2D eigenvalue weighted by molar-refractivity contribution is -0.142. The van der Waals surface area contributed by atoms with Gasteiger partial charge in [-0.2, -0.15) is 13.2 Å². The van der Waals surface area contributed by atoms with Gasteiger partial charge in [0, 0.05) is 16.8 Å². The van der Waals surface area contributed by atoms with Gasteiger partial charge in [0.05, 0.1) is 14.2 Å². The minimum Gasteiger partial charge on any atom is -0.436 e. The molecular weight excluding hydrogens is 525 g/mol. The summed E-state index contributed by atoms with van der Waals surface area (Å²) in [7, 11) is -3.07. The van der Waals surface area contributed by atoms with Crippen LogP contribution in [0.2, 0.25) is 0 Å². The molecular formula is C21H18BrF3N4O3S. The molecule has 0 saturated heterocycles. The molecule has 1 aromatic heterocycles. The van der Waals surface area contributed by atoms with Crippen LogP contribution in [0.1, 0.15) is 27.2 Å². The molecule has 0 spiro atoms. The van der Waals surface area contributed by atoms with Crippen molar-refractivity contribution in [2.75, 3.05) is 11.6 Å². The average Bonchev–Trinajstić information content (AvgIpc) is 2.70. The lowest BCUT2D eigenvalue weighted by Crippen LogP contribution is -2.21. The number of ether oxygens (including phenoxy) is 1. The molecule has 0 aliphatic carbocycles. The predicted octanol–water partition coefficient (Wildman–Crippen LogP) is 5.95. The first-order chi connectivity index (χ1) is 15.3. The first kappa shape index (κ1) is 24.6. The molecule has 174 valence electrons. The Bertz CT molecular complexity index is 1350. The Morgan fingerprint density at radius 3 is 2.45 bits per heavy atom. The second-order valence-electron chi connectivity index (χ2n) is 7.17. The molecule has 0 radical (unpaired) electrons. The van der Waals surface area contributed by atoms with E-state index >= 15 is 0 Å². The van der Waals surface area contributed by atoms with E-state index < -0.39 is 44.5 Å². The van der Waals surface area contributed by atoms with E-state index in [1.54, 1.807) is 25.1 Å². The Kier molecular flexibility index (Phi) is 6.80. The highest BCUT2D eigenvalue weighted by Crippen LogP contribution is 2.37. The summed E-state index contributed by atoms with van der Waals surface area (Å²) in [6, 6.07) is 10.7. The quantitative estimate of drug-likeness (QED) is 0.414. The van der Waals surface area contributed by atoms with Crippen molar-refractivity contribution in [1.82, 2.24) is 10.2 Å². The molecule has 2 aromatic carbocycles. The zero-order chi connectivity index (χ0) is 24.6. The van der Waals surface area contributed by atoms with E-state index in [2.05, 4.69) is 31.4 Å². The number of aromatic nitrogens is 2. The van der Waals surface area contributed by atoms with Crippen molar-refractivity contribution < 1.29 is 26.9 Å². The molecule has 33 heavy (non-hydrogen) atoms. The molecule has 0 bridgehead atoms. The molecule has 0 aliphatic rings. The number of hydrogen-bond acceptors (Lipinski definition) is 6. The lowest BCUT2D eigenvalue weighted by atomic mass is 10.1. The van der Waals surface area contributed by atoms with Gasteiger partial charge in [-0.05, 0) is 65.2 Å². The molecule has 1 amide bonds. The van der Waals surface area contributed by atoms with Gasteiger partial charge in [-0.15, -0.1) is 10.2 Å². The summed E-state index contributed by atoms with van der Waals surface area (Å²) in [5, 5.41) is 9.25. The van der Waals surface area contributed by atoms with Gasteiger partial charge in [0.15, 0.2) is 5.69 Å². The number of aryl methyl sites for hydroxylation is 1. The molecule has 0 saturated carbocycles. The number of carbonyl (C=O) groups is 1. The molecule has 2 N–H and O–H groups in total. The van der Waals surface area contributed by atoms with Crippen molar-refractivity contribution in [3.8, 4) is 11.6 Å². The number of carbonyl (C=O) groups excluding carboxylic acids is 1. The van der Waals surface area contributed by atoms with Gasteiger partial charge in [0.25, 0.3) is 11.8 Å². The van der Waals surface area contributed by atoms with E-state index in [1.165, 1.54) is 30.5 Å².